The lowest BCUT2D eigenvalue weighted by atomic mass is 10.1. The zero-order valence-corrected chi connectivity index (χ0v) is 9.65. The van der Waals surface area contributed by atoms with E-state index in [1.807, 2.05) is 12.1 Å². The number of anilines is 1. The highest BCUT2D eigenvalue weighted by Crippen LogP contribution is 2.32. The van der Waals surface area contributed by atoms with Crippen molar-refractivity contribution in [1.82, 2.24) is 5.32 Å². The summed E-state index contributed by atoms with van der Waals surface area (Å²) in [4.78, 5) is 2.53. The first kappa shape index (κ1) is 9.97. The fraction of sp³-hybridized carbons (Fsp3) is 0.538. The molecule has 2 heterocycles. The van der Waals surface area contributed by atoms with E-state index in [4.69, 9.17) is 4.74 Å². The van der Waals surface area contributed by atoms with Crippen LogP contribution in [0.3, 0.4) is 0 Å². The minimum absolute atomic E-state index is 0.702. The van der Waals surface area contributed by atoms with Crippen molar-refractivity contribution >= 4 is 5.69 Å². The minimum atomic E-state index is 0.702. The van der Waals surface area contributed by atoms with E-state index in [1.165, 1.54) is 25.2 Å². The van der Waals surface area contributed by atoms with E-state index >= 15 is 0 Å². The number of hydrogen-bond donors (Lipinski definition) is 1. The van der Waals surface area contributed by atoms with Crippen LogP contribution in [0.4, 0.5) is 5.69 Å². The van der Waals surface area contributed by atoms with E-state index in [-0.39, 0.29) is 0 Å². The Morgan fingerprint density at radius 3 is 2.81 bits per heavy atom. The van der Waals surface area contributed by atoms with Gasteiger partial charge in [-0.1, -0.05) is 0 Å². The van der Waals surface area contributed by atoms with Gasteiger partial charge >= 0.3 is 0 Å². The molecule has 2 unspecified atom stereocenters. The molecule has 0 aliphatic carbocycles. The Kier molecular flexibility index (Phi) is 2.48. The second-order valence-corrected chi connectivity index (χ2v) is 4.67. The topological polar surface area (TPSA) is 24.5 Å². The van der Waals surface area contributed by atoms with Crippen molar-refractivity contribution in [3.8, 4) is 5.75 Å². The van der Waals surface area contributed by atoms with Gasteiger partial charge in [0.05, 0.1) is 7.11 Å². The second-order valence-electron chi connectivity index (χ2n) is 4.67. The third-order valence-corrected chi connectivity index (χ3v) is 3.85. The smallest absolute Gasteiger partial charge is 0.119 e. The van der Waals surface area contributed by atoms with Gasteiger partial charge in [0.15, 0.2) is 0 Å². The molecular weight excluding hydrogens is 200 g/mol. The van der Waals surface area contributed by atoms with Crippen LogP contribution in [0.5, 0.6) is 5.75 Å². The Morgan fingerprint density at radius 2 is 2.06 bits per heavy atom. The highest BCUT2D eigenvalue weighted by molar-refractivity contribution is 5.51. The molecule has 2 saturated heterocycles. The highest BCUT2D eigenvalue weighted by atomic mass is 16.5. The van der Waals surface area contributed by atoms with Crippen molar-refractivity contribution < 1.29 is 4.74 Å². The number of methoxy groups -OCH3 is 1. The molecule has 3 rings (SSSR count). The number of hydrogen-bond acceptors (Lipinski definition) is 3. The van der Waals surface area contributed by atoms with Crippen LogP contribution in [-0.2, 0) is 0 Å². The summed E-state index contributed by atoms with van der Waals surface area (Å²) in [5, 5.41) is 3.48. The average molecular weight is 218 g/mol. The SMILES string of the molecule is COc1ccc(N2CCC3CNCC32)cc1. The van der Waals surface area contributed by atoms with Crippen molar-refractivity contribution in [1.29, 1.82) is 0 Å². The zero-order valence-electron chi connectivity index (χ0n) is 9.65. The Balaban J connectivity index is 1.81. The van der Waals surface area contributed by atoms with Gasteiger partial charge in [0, 0.05) is 31.4 Å². The maximum Gasteiger partial charge on any atom is 0.119 e. The van der Waals surface area contributed by atoms with Crippen LogP contribution in [0.1, 0.15) is 6.42 Å². The number of rotatable bonds is 2. The third kappa shape index (κ3) is 1.55. The van der Waals surface area contributed by atoms with Gasteiger partial charge in [0.1, 0.15) is 5.75 Å². The quantitative estimate of drug-likeness (QED) is 0.814. The van der Waals surface area contributed by atoms with Crippen molar-refractivity contribution in [2.75, 3.05) is 31.6 Å². The molecule has 1 aromatic carbocycles. The van der Waals surface area contributed by atoms with E-state index in [9.17, 15) is 0 Å². The molecule has 1 N–H and O–H groups in total. The Labute approximate surface area is 96.4 Å². The molecule has 3 heteroatoms. The number of fused-ring (bicyclic) bond motifs is 1. The molecule has 0 saturated carbocycles. The standard InChI is InChI=1S/C13H18N2O/c1-16-12-4-2-11(3-5-12)15-7-6-10-8-14-9-13(10)15/h2-5,10,13-14H,6-9H2,1H3. The molecule has 3 nitrogen and oxygen atoms in total. The van der Waals surface area contributed by atoms with Gasteiger partial charge in [-0.15, -0.1) is 0 Å². The van der Waals surface area contributed by atoms with Crippen molar-refractivity contribution in [3.63, 3.8) is 0 Å². The van der Waals surface area contributed by atoms with Crippen molar-refractivity contribution in [2.45, 2.75) is 12.5 Å². The van der Waals surface area contributed by atoms with Crippen LogP contribution < -0.4 is 15.0 Å². The van der Waals surface area contributed by atoms with Crippen LogP contribution in [0.2, 0.25) is 0 Å². The fourth-order valence-electron chi connectivity index (χ4n) is 2.94. The molecule has 2 atom stereocenters. The summed E-state index contributed by atoms with van der Waals surface area (Å²) in [5.41, 5.74) is 1.33. The molecule has 0 aromatic heterocycles. The number of benzene rings is 1. The first-order chi connectivity index (χ1) is 7.88. The molecule has 2 fully saturated rings. The molecular formula is C13H18N2O. The maximum atomic E-state index is 5.19. The molecule has 16 heavy (non-hydrogen) atoms. The largest absolute Gasteiger partial charge is 0.497 e. The maximum absolute atomic E-state index is 5.19. The first-order valence-corrected chi connectivity index (χ1v) is 6.00. The van der Waals surface area contributed by atoms with E-state index in [1.54, 1.807) is 7.11 Å². The van der Waals surface area contributed by atoms with Crippen LogP contribution in [-0.4, -0.2) is 32.8 Å². The summed E-state index contributed by atoms with van der Waals surface area (Å²) < 4.78 is 5.19. The summed E-state index contributed by atoms with van der Waals surface area (Å²) in [5.74, 6) is 1.78. The number of ether oxygens (including phenoxy) is 1. The van der Waals surface area contributed by atoms with Crippen molar-refractivity contribution in [2.24, 2.45) is 5.92 Å². The zero-order chi connectivity index (χ0) is 11.0. The normalized spacial score (nSPS) is 28.2. The van der Waals surface area contributed by atoms with E-state index in [0.29, 0.717) is 6.04 Å². The average Bonchev–Trinajstić information content (AvgIpc) is 2.91. The summed E-state index contributed by atoms with van der Waals surface area (Å²) in [7, 11) is 1.71. The van der Waals surface area contributed by atoms with Crippen LogP contribution >= 0.6 is 0 Å². The van der Waals surface area contributed by atoms with Crippen LogP contribution in [0.15, 0.2) is 24.3 Å². The highest BCUT2D eigenvalue weighted by Gasteiger charge is 2.37. The fourth-order valence-corrected chi connectivity index (χ4v) is 2.94. The second kappa shape index (κ2) is 3.98. The summed E-state index contributed by atoms with van der Waals surface area (Å²) in [6.45, 7) is 3.53. The van der Waals surface area contributed by atoms with E-state index in [0.717, 1.165) is 18.2 Å². The summed E-state index contributed by atoms with van der Waals surface area (Å²) in [6.07, 6.45) is 1.32. The molecule has 0 bridgehead atoms. The predicted octanol–water partition coefficient (Wildman–Crippen LogP) is 1.49. The predicted molar refractivity (Wildman–Crippen MR) is 65.1 cm³/mol. The molecule has 86 valence electrons. The first-order valence-electron chi connectivity index (χ1n) is 6.00. The Hall–Kier alpha value is -1.22. The van der Waals surface area contributed by atoms with Gasteiger partial charge in [0.2, 0.25) is 0 Å². The van der Waals surface area contributed by atoms with Crippen LogP contribution in [0, 0.1) is 5.92 Å². The lowest BCUT2D eigenvalue weighted by Gasteiger charge is -2.25. The Morgan fingerprint density at radius 1 is 1.25 bits per heavy atom. The van der Waals surface area contributed by atoms with Gasteiger partial charge < -0.3 is 15.0 Å². The molecule has 1 aromatic rings. The number of nitrogens with zero attached hydrogens (tertiary/aromatic N) is 1. The van der Waals surface area contributed by atoms with Gasteiger partial charge in [-0.05, 0) is 36.6 Å². The molecule has 2 aliphatic heterocycles. The number of nitrogens with one attached hydrogen (secondary N) is 1. The third-order valence-electron chi connectivity index (χ3n) is 3.85. The van der Waals surface area contributed by atoms with Crippen LogP contribution in [0.25, 0.3) is 0 Å². The van der Waals surface area contributed by atoms with Gasteiger partial charge in [-0.3, -0.25) is 0 Å². The molecule has 2 aliphatic rings. The lowest BCUT2D eigenvalue weighted by Crippen LogP contribution is -2.33. The monoisotopic (exact) mass is 218 g/mol. The summed E-state index contributed by atoms with van der Waals surface area (Å²) in [6, 6.07) is 9.13. The molecule has 0 radical (unpaired) electrons. The van der Waals surface area contributed by atoms with Gasteiger partial charge in [-0.25, -0.2) is 0 Å². The molecule has 0 spiro atoms. The lowest BCUT2D eigenvalue weighted by molar-refractivity contribution is 0.415. The van der Waals surface area contributed by atoms with Crippen molar-refractivity contribution in [3.05, 3.63) is 24.3 Å². The molecule has 0 amide bonds. The van der Waals surface area contributed by atoms with Gasteiger partial charge in [-0.2, -0.15) is 0 Å². The van der Waals surface area contributed by atoms with E-state index < -0.39 is 0 Å². The van der Waals surface area contributed by atoms with Gasteiger partial charge in [0.25, 0.3) is 0 Å². The Bertz CT molecular complexity index is 363. The minimum Gasteiger partial charge on any atom is -0.497 e. The summed E-state index contributed by atoms with van der Waals surface area (Å²) >= 11 is 0. The van der Waals surface area contributed by atoms with E-state index in [2.05, 4.69) is 22.3 Å².